The largest absolute Gasteiger partial charge is 0.370 e. The third kappa shape index (κ3) is 5.57. The quantitative estimate of drug-likeness (QED) is 0.386. The lowest BCUT2D eigenvalue weighted by Crippen LogP contribution is -2.28. The topological polar surface area (TPSA) is 71.3 Å². The number of aromatic nitrogens is 3. The normalized spacial score (nSPS) is 14.6. The van der Waals surface area contributed by atoms with Gasteiger partial charge in [-0.3, -0.25) is 4.79 Å². The van der Waals surface area contributed by atoms with Gasteiger partial charge in [-0.1, -0.05) is 49.1 Å². The minimum Gasteiger partial charge on any atom is -0.370 e. The van der Waals surface area contributed by atoms with Crippen molar-refractivity contribution < 1.29 is 4.79 Å². The van der Waals surface area contributed by atoms with Gasteiger partial charge < -0.3 is 10.6 Å². The first-order valence-electron chi connectivity index (χ1n) is 10.9. The predicted octanol–water partition coefficient (Wildman–Crippen LogP) is 5.70. The maximum Gasteiger partial charge on any atom is 0.220 e. The number of benzene rings is 1. The average molecular weight is 505 g/mol. The predicted molar refractivity (Wildman–Crippen MR) is 128 cm³/mol. The molecule has 6 nitrogen and oxygen atoms in total. The van der Waals surface area contributed by atoms with E-state index in [1.165, 1.54) is 32.1 Å². The molecule has 164 valence electrons. The molecule has 0 unspecified atom stereocenters. The Bertz CT molecular complexity index is 1050. The molecule has 1 aromatic carbocycles. The maximum absolute atomic E-state index is 12.2. The maximum atomic E-state index is 12.2. The van der Waals surface area contributed by atoms with Crippen LogP contribution < -0.4 is 10.6 Å². The Morgan fingerprint density at radius 2 is 2.00 bits per heavy atom. The molecule has 2 N–H and O–H groups in total. The second kappa shape index (κ2) is 10.5. The smallest absolute Gasteiger partial charge is 0.220 e. The molecule has 1 amide bonds. The van der Waals surface area contributed by atoms with Crippen LogP contribution in [0.25, 0.3) is 16.9 Å². The van der Waals surface area contributed by atoms with Crippen molar-refractivity contribution >= 4 is 44.9 Å². The van der Waals surface area contributed by atoms with Crippen molar-refractivity contribution in [3.05, 3.63) is 46.0 Å². The van der Waals surface area contributed by atoms with Gasteiger partial charge in [0, 0.05) is 36.2 Å². The van der Waals surface area contributed by atoms with Crippen LogP contribution in [0.1, 0.15) is 44.9 Å². The van der Waals surface area contributed by atoms with Gasteiger partial charge in [0.1, 0.15) is 5.82 Å². The summed E-state index contributed by atoms with van der Waals surface area (Å²) in [7, 11) is 0. The average Bonchev–Trinajstić information content (AvgIpc) is 3.15. The highest BCUT2D eigenvalue weighted by Gasteiger charge is 2.17. The SMILES string of the molecule is O=C(CC1CCCCC1)NCCCNc1cc(-c2ccccc2Cl)nc2c(Br)cnn12. The number of nitrogens with zero attached hydrogens (tertiary/aromatic N) is 3. The third-order valence-electron chi connectivity index (χ3n) is 5.76. The molecule has 0 aliphatic heterocycles. The monoisotopic (exact) mass is 503 g/mol. The molecule has 1 saturated carbocycles. The van der Waals surface area contributed by atoms with Gasteiger partial charge in [-0.05, 0) is 47.2 Å². The standard InChI is InChI=1S/C23H27BrClN5O/c24-18-15-28-30-21(14-20(29-23(18)30)17-9-4-5-10-19(17)25)26-11-6-12-27-22(31)13-16-7-2-1-3-8-16/h4-5,9-10,14-16,26H,1-3,6-8,11-13H2,(H,27,31). The van der Waals surface area contributed by atoms with Crippen LogP contribution in [0.3, 0.4) is 0 Å². The van der Waals surface area contributed by atoms with Gasteiger partial charge in [0.05, 0.1) is 16.4 Å². The number of carbonyl (C=O) groups excluding carboxylic acids is 1. The van der Waals surface area contributed by atoms with Crippen molar-refractivity contribution in [3.8, 4) is 11.3 Å². The molecule has 2 aromatic heterocycles. The molecule has 8 heteroatoms. The van der Waals surface area contributed by atoms with E-state index < -0.39 is 0 Å². The summed E-state index contributed by atoms with van der Waals surface area (Å²) in [6, 6.07) is 9.62. The second-order valence-corrected chi connectivity index (χ2v) is 9.33. The zero-order valence-electron chi connectivity index (χ0n) is 17.4. The van der Waals surface area contributed by atoms with E-state index >= 15 is 0 Å². The summed E-state index contributed by atoms with van der Waals surface area (Å²) in [5, 5.41) is 11.6. The highest BCUT2D eigenvalue weighted by atomic mass is 79.9. The Balaban J connectivity index is 1.36. The fourth-order valence-electron chi connectivity index (χ4n) is 4.13. The van der Waals surface area contributed by atoms with Crippen molar-refractivity contribution in [1.82, 2.24) is 19.9 Å². The number of amides is 1. The molecular weight excluding hydrogens is 478 g/mol. The van der Waals surface area contributed by atoms with E-state index in [1.54, 1.807) is 10.7 Å². The first kappa shape index (κ1) is 22.1. The van der Waals surface area contributed by atoms with Gasteiger partial charge in [-0.2, -0.15) is 9.61 Å². The highest BCUT2D eigenvalue weighted by molar-refractivity contribution is 9.10. The fourth-order valence-corrected chi connectivity index (χ4v) is 4.71. The molecule has 0 atom stereocenters. The molecular formula is C23H27BrClN5O. The van der Waals surface area contributed by atoms with Crippen LogP contribution in [0.15, 0.2) is 41.0 Å². The Morgan fingerprint density at radius 1 is 1.19 bits per heavy atom. The number of hydrogen-bond acceptors (Lipinski definition) is 4. The van der Waals surface area contributed by atoms with Crippen LogP contribution in [-0.2, 0) is 4.79 Å². The lowest BCUT2D eigenvalue weighted by Gasteiger charge is -2.20. The zero-order valence-corrected chi connectivity index (χ0v) is 19.8. The van der Waals surface area contributed by atoms with Crippen LogP contribution >= 0.6 is 27.5 Å². The van der Waals surface area contributed by atoms with Gasteiger partial charge in [0.2, 0.25) is 5.91 Å². The molecule has 31 heavy (non-hydrogen) atoms. The summed E-state index contributed by atoms with van der Waals surface area (Å²) in [5.74, 6) is 1.58. The number of carbonyl (C=O) groups is 1. The van der Waals surface area contributed by atoms with E-state index in [-0.39, 0.29) is 5.91 Å². The highest BCUT2D eigenvalue weighted by Crippen LogP contribution is 2.30. The van der Waals surface area contributed by atoms with Crippen molar-refractivity contribution in [2.75, 3.05) is 18.4 Å². The number of hydrogen-bond donors (Lipinski definition) is 2. The Hall–Kier alpha value is -2.12. The van der Waals surface area contributed by atoms with Crippen molar-refractivity contribution in [2.45, 2.75) is 44.9 Å². The fraction of sp³-hybridized carbons (Fsp3) is 0.435. The first-order chi connectivity index (χ1) is 15.1. The lowest BCUT2D eigenvalue weighted by atomic mass is 9.87. The van der Waals surface area contributed by atoms with Crippen molar-refractivity contribution in [1.29, 1.82) is 0 Å². The Labute approximate surface area is 195 Å². The zero-order chi connectivity index (χ0) is 21.6. The van der Waals surface area contributed by atoms with E-state index in [9.17, 15) is 4.79 Å². The van der Waals surface area contributed by atoms with E-state index in [4.69, 9.17) is 16.6 Å². The number of anilines is 1. The van der Waals surface area contributed by atoms with E-state index in [2.05, 4.69) is 31.7 Å². The minimum atomic E-state index is 0.176. The molecule has 4 rings (SSSR count). The molecule has 0 bridgehead atoms. The summed E-state index contributed by atoms with van der Waals surface area (Å²) in [5.41, 5.74) is 2.38. The molecule has 0 spiro atoms. The Kier molecular flexibility index (Phi) is 7.45. The van der Waals surface area contributed by atoms with Crippen molar-refractivity contribution in [3.63, 3.8) is 0 Å². The number of halogens is 2. The molecule has 1 aliphatic rings. The van der Waals surface area contributed by atoms with E-state index in [0.717, 1.165) is 33.6 Å². The molecule has 1 aliphatic carbocycles. The third-order valence-corrected chi connectivity index (χ3v) is 6.65. The molecule has 0 saturated heterocycles. The molecule has 0 radical (unpaired) electrons. The summed E-state index contributed by atoms with van der Waals surface area (Å²) >= 11 is 9.91. The van der Waals surface area contributed by atoms with Crippen molar-refractivity contribution in [2.24, 2.45) is 5.92 Å². The number of nitrogens with one attached hydrogen (secondary N) is 2. The lowest BCUT2D eigenvalue weighted by molar-refractivity contribution is -0.122. The minimum absolute atomic E-state index is 0.176. The second-order valence-electron chi connectivity index (χ2n) is 8.07. The van der Waals surface area contributed by atoms with E-state index in [0.29, 0.717) is 30.5 Å². The number of fused-ring (bicyclic) bond motifs is 1. The summed E-state index contributed by atoms with van der Waals surface area (Å²) in [4.78, 5) is 16.9. The first-order valence-corrected chi connectivity index (χ1v) is 12.1. The van der Waals surface area contributed by atoms with Crippen LogP contribution in [0.2, 0.25) is 5.02 Å². The van der Waals surface area contributed by atoms with Gasteiger partial charge in [-0.15, -0.1) is 0 Å². The van der Waals surface area contributed by atoms with Gasteiger partial charge in [0.15, 0.2) is 5.65 Å². The Morgan fingerprint density at radius 3 is 2.81 bits per heavy atom. The van der Waals surface area contributed by atoms with Crippen LogP contribution in [0.5, 0.6) is 0 Å². The number of rotatable bonds is 8. The van der Waals surface area contributed by atoms with Gasteiger partial charge >= 0.3 is 0 Å². The van der Waals surface area contributed by atoms with Gasteiger partial charge in [0.25, 0.3) is 0 Å². The van der Waals surface area contributed by atoms with Crippen LogP contribution in [-0.4, -0.2) is 33.6 Å². The molecule has 2 heterocycles. The van der Waals surface area contributed by atoms with Gasteiger partial charge in [-0.25, -0.2) is 4.98 Å². The molecule has 3 aromatic rings. The van der Waals surface area contributed by atoms with Crippen LogP contribution in [0, 0.1) is 5.92 Å². The van der Waals surface area contributed by atoms with E-state index in [1.807, 2.05) is 30.3 Å². The summed E-state index contributed by atoms with van der Waals surface area (Å²) in [6.45, 7) is 1.37. The molecule has 1 fully saturated rings. The van der Waals surface area contributed by atoms with Crippen LogP contribution in [0.4, 0.5) is 5.82 Å². The summed E-state index contributed by atoms with van der Waals surface area (Å²) < 4.78 is 2.59. The summed E-state index contributed by atoms with van der Waals surface area (Å²) in [6.07, 6.45) is 9.46.